The average molecular weight is 625 g/mol. The molecule has 0 aromatic heterocycles. The molecule has 1 aliphatic carbocycles. The van der Waals surface area contributed by atoms with Crippen LogP contribution in [0.25, 0.3) is 22.3 Å². The van der Waals surface area contributed by atoms with Crippen molar-refractivity contribution >= 4 is 19.2 Å². The predicted octanol–water partition coefficient (Wildman–Crippen LogP) is 10.6. The van der Waals surface area contributed by atoms with Crippen molar-refractivity contribution in [2.75, 3.05) is 6.61 Å². The van der Waals surface area contributed by atoms with Gasteiger partial charge in [-0.1, -0.05) is 137 Å². The lowest BCUT2D eigenvalue weighted by molar-refractivity contribution is -0.140. The van der Waals surface area contributed by atoms with E-state index >= 15 is 0 Å². The number of carbonyl (C=O) groups is 1. The fraction of sp³-hybridized carbons (Fsp3) is 0.488. The highest BCUT2D eigenvalue weighted by Crippen LogP contribution is 2.38. The third-order valence-electron chi connectivity index (χ3n) is 10.00. The maximum Gasteiger partial charge on any atom is 0.333 e. The van der Waals surface area contributed by atoms with Crippen molar-refractivity contribution in [2.24, 2.45) is 5.92 Å². The molecule has 1 N–H and O–H groups in total. The van der Waals surface area contributed by atoms with Gasteiger partial charge in [0.1, 0.15) is 6.61 Å². The molecule has 242 valence electrons. The van der Waals surface area contributed by atoms with Crippen molar-refractivity contribution in [2.45, 2.75) is 116 Å². The molecule has 0 unspecified atom stereocenters. The van der Waals surface area contributed by atoms with Crippen molar-refractivity contribution in [1.82, 2.24) is 0 Å². The third-order valence-corrected chi connectivity index (χ3v) is 13.5. The Balaban J connectivity index is 1.45. The normalized spacial score (nSPS) is 16.8. The van der Waals surface area contributed by atoms with Gasteiger partial charge in [-0.25, -0.2) is 4.79 Å². The molecule has 1 saturated carbocycles. The zero-order chi connectivity index (χ0) is 32.2. The lowest BCUT2D eigenvalue weighted by atomic mass is 9.77. The summed E-state index contributed by atoms with van der Waals surface area (Å²) in [4.78, 5) is 12.3. The quantitative estimate of drug-likeness (QED) is 0.0746. The van der Waals surface area contributed by atoms with Crippen LogP contribution in [0.5, 0.6) is 0 Å². The number of ether oxygens (including phenoxy) is 1. The average Bonchev–Trinajstić information content (AvgIpc) is 3.06. The SMILES string of the molecule is C=C(C)C(=O)OCc1cc(-c2ccc(-c3ccc(C4CCC(CCCCC)CC4)cc3)cc2)ccc1[Si](C)(C)CCCCCO. The fourth-order valence-corrected chi connectivity index (χ4v) is 10.0. The molecule has 45 heavy (non-hydrogen) atoms. The molecule has 0 aliphatic heterocycles. The van der Waals surface area contributed by atoms with Gasteiger partial charge in [0.2, 0.25) is 0 Å². The highest BCUT2D eigenvalue weighted by molar-refractivity contribution is 6.90. The van der Waals surface area contributed by atoms with E-state index in [1.54, 1.807) is 6.92 Å². The Labute approximate surface area is 274 Å². The van der Waals surface area contributed by atoms with E-state index in [0.29, 0.717) is 11.5 Å². The predicted molar refractivity (Wildman–Crippen MR) is 194 cm³/mol. The molecule has 0 bridgehead atoms. The Morgan fingerprint density at radius 3 is 2.02 bits per heavy atom. The number of aliphatic hydroxyl groups is 1. The van der Waals surface area contributed by atoms with Crippen LogP contribution in [0.15, 0.2) is 78.9 Å². The summed E-state index contributed by atoms with van der Waals surface area (Å²) in [5, 5.41) is 10.5. The first-order valence-electron chi connectivity index (χ1n) is 17.5. The van der Waals surface area contributed by atoms with Gasteiger partial charge in [-0.05, 0) is 90.3 Å². The molecule has 4 heteroatoms. The van der Waals surface area contributed by atoms with E-state index in [4.69, 9.17) is 4.74 Å². The van der Waals surface area contributed by atoms with Gasteiger partial charge in [0.05, 0.1) is 8.07 Å². The summed E-state index contributed by atoms with van der Waals surface area (Å²) in [6.45, 7) is 13.0. The molecule has 0 saturated heterocycles. The molecule has 0 radical (unpaired) electrons. The van der Waals surface area contributed by atoms with E-state index in [0.717, 1.165) is 47.9 Å². The van der Waals surface area contributed by atoms with Crippen molar-refractivity contribution < 1.29 is 14.6 Å². The van der Waals surface area contributed by atoms with Crippen LogP contribution >= 0.6 is 0 Å². The van der Waals surface area contributed by atoms with Crippen molar-refractivity contribution in [1.29, 1.82) is 0 Å². The minimum atomic E-state index is -1.77. The van der Waals surface area contributed by atoms with Gasteiger partial charge in [0.25, 0.3) is 0 Å². The lowest BCUT2D eigenvalue weighted by Gasteiger charge is -2.29. The van der Waals surface area contributed by atoms with Crippen LogP contribution in [0, 0.1) is 5.92 Å². The molecular formula is C41H56O3Si. The number of esters is 1. The van der Waals surface area contributed by atoms with Gasteiger partial charge >= 0.3 is 5.97 Å². The molecule has 0 heterocycles. The largest absolute Gasteiger partial charge is 0.457 e. The minimum Gasteiger partial charge on any atom is -0.457 e. The molecule has 3 aromatic rings. The number of rotatable bonds is 16. The van der Waals surface area contributed by atoms with E-state index in [2.05, 4.69) is 93.3 Å². The third kappa shape index (κ3) is 10.0. The van der Waals surface area contributed by atoms with Gasteiger partial charge in [-0.2, -0.15) is 0 Å². The van der Waals surface area contributed by atoms with Crippen molar-refractivity contribution in [3.05, 3.63) is 90.0 Å². The number of benzene rings is 3. The maximum atomic E-state index is 12.3. The summed E-state index contributed by atoms with van der Waals surface area (Å²) in [7, 11) is -1.77. The second-order valence-corrected chi connectivity index (χ2v) is 18.9. The van der Waals surface area contributed by atoms with E-state index < -0.39 is 8.07 Å². The minimum absolute atomic E-state index is 0.253. The molecule has 0 amide bonds. The second-order valence-electron chi connectivity index (χ2n) is 14.1. The number of hydrogen-bond donors (Lipinski definition) is 1. The Morgan fingerprint density at radius 1 is 0.822 bits per heavy atom. The number of carbonyl (C=O) groups excluding carboxylic acids is 1. The topological polar surface area (TPSA) is 46.5 Å². The van der Waals surface area contributed by atoms with Gasteiger partial charge < -0.3 is 9.84 Å². The van der Waals surface area contributed by atoms with E-state index in [1.165, 1.54) is 73.2 Å². The van der Waals surface area contributed by atoms with Gasteiger partial charge in [0, 0.05) is 12.2 Å². The first-order valence-corrected chi connectivity index (χ1v) is 20.7. The van der Waals surface area contributed by atoms with Gasteiger partial charge in [0.15, 0.2) is 0 Å². The number of unbranched alkanes of at least 4 members (excludes halogenated alkanes) is 4. The highest BCUT2D eigenvalue weighted by Gasteiger charge is 2.27. The number of aliphatic hydroxyl groups excluding tert-OH is 1. The molecule has 1 fully saturated rings. The van der Waals surface area contributed by atoms with Gasteiger partial charge in [-0.15, -0.1) is 0 Å². The Morgan fingerprint density at radius 2 is 1.42 bits per heavy atom. The highest BCUT2D eigenvalue weighted by atomic mass is 28.3. The molecule has 3 aromatic carbocycles. The first kappa shape index (κ1) is 34.9. The van der Waals surface area contributed by atoms with Crippen LogP contribution < -0.4 is 5.19 Å². The summed E-state index contributed by atoms with van der Waals surface area (Å²) in [6, 6.07) is 26.0. The van der Waals surface area contributed by atoms with Gasteiger partial charge in [-0.3, -0.25) is 0 Å². The lowest BCUT2D eigenvalue weighted by Crippen LogP contribution is -2.43. The van der Waals surface area contributed by atoms with Crippen molar-refractivity contribution in [3.8, 4) is 22.3 Å². The Kier molecular flexibility index (Phi) is 13.3. The van der Waals surface area contributed by atoms with Crippen LogP contribution in [-0.2, 0) is 16.1 Å². The summed E-state index contributed by atoms with van der Waals surface area (Å²) >= 11 is 0. The second kappa shape index (κ2) is 17.1. The summed E-state index contributed by atoms with van der Waals surface area (Å²) in [5.41, 5.74) is 7.80. The summed E-state index contributed by atoms with van der Waals surface area (Å²) < 4.78 is 5.67. The van der Waals surface area contributed by atoms with E-state index in [-0.39, 0.29) is 19.2 Å². The standard InChI is InChI=1S/C41H56O3Si/c1-6-7-9-12-32-13-15-33(16-14-32)34-17-19-35(20-18-34)36-21-23-37(24-22-36)38-25-26-40(45(4,5)28-11-8-10-27-42)39(29-38)30-44-41(43)31(2)3/h17-26,29,32-33,42H,2,6-16,27-28,30H2,1,3-5H3. The number of hydrogen-bond acceptors (Lipinski definition) is 3. The maximum absolute atomic E-state index is 12.3. The zero-order valence-corrected chi connectivity index (χ0v) is 29.4. The molecule has 3 nitrogen and oxygen atoms in total. The van der Waals surface area contributed by atoms with E-state index in [9.17, 15) is 9.90 Å². The Bertz CT molecular complexity index is 1360. The van der Waals surface area contributed by atoms with Crippen LogP contribution in [0.4, 0.5) is 0 Å². The Hall–Kier alpha value is -2.95. The summed E-state index contributed by atoms with van der Waals surface area (Å²) in [5.74, 6) is 1.31. The monoisotopic (exact) mass is 624 g/mol. The molecule has 0 spiro atoms. The van der Waals surface area contributed by atoms with E-state index in [1.807, 2.05) is 0 Å². The molecule has 0 atom stereocenters. The van der Waals surface area contributed by atoms with Crippen LogP contribution in [0.2, 0.25) is 19.1 Å². The smallest absolute Gasteiger partial charge is 0.333 e. The summed E-state index contributed by atoms with van der Waals surface area (Å²) in [6.07, 6.45) is 14.0. The van der Waals surface area contributed by atoms with Crippen LogP contribution in [0.3, 0.4) is 0 Å². The zero-order valence-electron chi connectivity index (χ0n) is 28.4. The first-order chi connectivity index (χ1) is 21.7. The molecule has 1 aliphatic rings. The van der Waals surface area contributed by atoms with Crippen LogP contribution in [-0.4, -0.2) is 25.8 Å². The fourth-order valence-electron chi connectivity index (χ4n) is 7.08. The molecular weight excluding hydrogens is 569 g/mol. The van der Waals surface area contributed by atoms with Crippen molar-refractivity contribution in [3.63, 3.8) is 0 Å². The van der Waals surface area contributed by atoms with Crippen LogP contribution in [0.1, 0.15) is 102 Å². The molecule has 4 rings (SSSR count).